The highest BCUT2D eigenvalue weighted by Crippen LogP contribution is 2.50. The minimum absolute atomic E-state index is 0.0271. The van der Waals surface area contributed by atoms with Gasteiger partial charge in [0.25, 0.3) is 0 Å². The first-order chi connectivity index (χ1) is 13.4. The third-order valence-electron chi connectivity index (χ3n) is 5.94. The van der Waals surface area contributed by atoms with Crippen LogP contribution in [0.2, 0.25) is 0 Å². The van der Waals surface area contributed by atoms with Gasteiger partial charge in [-0.05, 0) is 41.9 Å². The molecule has 1 aromatic carbocycles. The van der Waals surface area contributed by atoms with Crippen LogP contribution in [-0.4, -0.2) is 49.3 Å². The van der Waals surface area contributed by atoms with Crippen molar-refractivity contribution in [3.05, 3.63) is 41.3 Å². The summed E-state index contributed by atoms with van der Waals surface area (Å²) >= 11 is 7.09. The number of fused-ring (bicyclic) bond motifs is 3. The summed E-state index contributed by atoms with van der Waals surface area (Å²) < 4.78 is 27.0. The number of nitrogens with one attached hydrogen (secondary N) is 2. The van der Waals surface area contributed by atoms with Crippen LogP contribution in [0.4, 0.5) is 0 Å². The summed E-state index contributed by atoms with van der Waals surface area (Å²) in [6.45, 7) is 0.170. The van der Waals surface area contributed by atoms with Crippen LogP contribution in [0.3, 0.4) is 0 Å². The summed E-state index contributed by atoms with van der Waals surface area (Å²) in [5.74, 6) is 0.298. The number of piperidine rings is 1. The molecule has 6 atom stereocenters. The van der Waals surface area contributed by atoms with Crippen molar-refractivity contribution in [1.82, 2.24) is 10.0 Å². The number of benzene rings is 1. The molecule has 0 radical (unpaired) electrons. The fraction of sp³-hybridized carbons (Fsp3) is 0.526. The second-order valence-electron chi connectivity index (χ2n) is 7.48. The van der Waals surface area contributed by atoms with Gasteiger partial charge in [0, 0.05) is 30.3 Å². The molecule has 28 heavy (non-hydrogen) atoms. The first-order valence-electron chi connectivity index (χ1n) is 9.38. The van der Waals surface area contributed by atoms with Gasteiger partial charge in [-0.2, -0.15) is 0 Å². The van der Waals surface area contributed by atoms with E-state index in [-0.39, 0.29) is 52.3 Å². The van der Waals surface area contributed by atoms with Crippen LogP contribution in [0.5, 0.6) is 0 Å². The molecule has 1 aromatic rings. The summed E-state index contributed by atoms with van der Waals surface area (Å²) in [4.78, 5) is 12.6. The van der Waals surface area contributed by atoms with E-state index in [2.05, 4.69) is 16.1 Å². The van der Waals surface area contributed by atoms with E-state index in [0.29, 0.717) is 6.42 Å². The second-order valence-corrected chi connectivity index (χ2v) is 10.7. The number of sulfonamides is 1. The van der Waals surface area contributed by atoms with Crippen LogP contribution in [0.1, 0.15) is 24.3 Å². The monoisotopic (exact) mass is 442 g/mol. The van der Waals surface area contributed by atoms with Gasteiger partial charge in [-0.15, -0.1) is 23.4 Å². The molecular weight excluding hydrogens is 420 g/mol. The number of carbonyl (C=O) groups is 1. The Kier molecular flexibility index (Phi) is 5.77. The number of alkyl halides is 1. The van der Waals surface area contributed by atoms with Crippen LogP contribution >= 0.6 is 23.4 Å². The quantitative estimate of drug-likeness (QED) is 0.604. The van der Waals surface area contributed by atoms with Crippen molar-refractivity contribution in [1.29, 1.82) is 0 Å². The number of aliphatic hydroxyl groups is 1. The second kappa shape index (κ2) is 7.99. The maximum absolute atomic E-state index is 12.4. The van der Waals surface area contributed by atoms with Gasteiger partial charge < -0.3 is 10.4 Å². The molecule has 3 aliphatic rings. The Hall–Kier alpha value is -1.06. The minimum Gasteiger partial charge on any atom is -0.392 e. The zero-order valence-corrected chi connectivity index (χ0v) is 17.5. The average Bonchev–Trinajstić information content (AvgIpc) is 3.18. The lowest BCUT2D eigenvalue weighted by molar-refractivity contribution is -0.126. The zero-order valence-electron chi connectivity index (χ0n) is 15.1. The van der Waals surface area contributed by atoms with Crippen molar-refractivity contribution in [3.63, 3.8) is 0 Å². The Balaban J connectivity index is 1.63. The van der Waals surface area contributed by atoms with Gasteiger partial charge >= 0.3 is 0 Å². The number of rotatable bonds is 5. The van der Waals surface area contributed by atoms with Crippen LogP contribution in [-0.2, 0) is 14.8 Å². The lowest BCUT2D eigenvalue weighted by atomic mass is 9.63. The van der Waals surface area contributed by atoms with Crippen molar-refractivity contribution < 1.29 is 18.3 Å². The summed E-state index contributed by atoms with van der Waals surface area (Å²) in [7, 11) is -3.60. The standard InChI is InChI=1S/C19H23ClN2O4S2/c20-8-9-21-28(25,26)12-3-1-11(2-4-12)16-15(23)6-5-14-17(16)13-7-10-27-18(13)19(24)22-14/h1-4,7,10,13-18,21,23H,5-6,8-9H2,(H,22,24). The molecule has 2 aliphatic heterocycles. The zero-order chi connectivity index (χ0) is 19.9. The Morgan fingerprint density at radius 1 is 1.25 bits per heavy atom. The van der Waals surface area contributed by atoms with E-state index in [4.69, 9.17) is 11.6 Å². The molecule has 152 valence electrons. The highest BCUT2D eigenvalue weighted by molar-refractivity contribution is 8.03. The number of amides is 1. The molecule has 0 bridgehead atoms. The minimum atomic E-state index is -3.60. The third-order valence-corrected chi connectivity index (χ3v) is 8.74. The Morgan fingerprint density at radius 3 is 2.71 bits per heavy atom. The largest absolute Gasteiger partial charge is 0.392 e. The van der Waals surface area contributed by atoms with Gasteiger partial charge in [0.1, 0.15) is 0 Å². The van der Waals surface area contributed by atoms with Crippen LogP contribution < -0.4 is 10.0 Å². The van der Waals surface area contributed by atoms with Crippen molar-refractivity contribution in [2.45, 2.75) is 41.1 Å². The fourth-order valence-electron chi connectivity index (χ4n) is 4.72. The van der Waals surface area contributed by atoms with E-state index in [1.165, 1.54) is 11.8 Å². The number of thioether (sulfide) groups is 1. The van der Waals surface area contributed by atoms with E-state index in [1.807, 2.05) is 5.41 Å². The number of allylic oxidation sites excluding steroid dienone is 1. The Morgan fingerprint density at radius 2 is 2.00 bits per heavy atom. The highest BCUT2D eigenvalue weighted by Gasteiger charge is 2.51. The average molecular weight is 443 g/mol. The van der Waals surface area contributed by atoms with Crippen molar-refractivity contribution >= 4 is 39.3 Å². The van der Waals surface area contributed by atoms with E-state index in [0.717, 1.165) is 12.0 Å². The molecule has 1 aliphatic carbocycles. The molecule has 6 unspecified atom stereocenters. The van der Waals surface area contributed by atoms with Gasteiger partial charge in [-0.1, -0.05) is 18.2 Å². The van der Waals surface area contributed by atoms with Crippen molar-refractivity contribution in [2.24, 2.45) is 11.8 Å². The SMILES string of the molecule is O=C1NC2CCC(O)C(c3ccc(S(=O)(=O)NCCCl)cc3)C2C2C=CSC12. The highest BCUT2D eigenvalue weighted by atomic mass is 35.5. The first kappa shape index (κ1) is 20.2. The maximum atomic E-state index is 12.4. The van der Waals surface area contributed by atoms with Crippen molar-refractivity contribution in [3.8, 4) is 0 Å². The summed E-state index contributed by atoms with van der Waals surface area (Å²) in [5.41, 5.74) is 0.902. The van der Waals surface area contributed by atoms with Crippen LogP contribution in [0, 0.1) is 11.8 Å². The molecule has 1 saturated heterocycles. The van der Waals surface area contributed by atoms with E-state index < -0.39 is 16.1 Å². The molecule has 9 heteroatoms. The molecule has 2 heterocycles. The van der Waals surface area contributed by atoms with Gasteiger partial charge in [-0.3, -0.25) is 4.79 Å². The summed E-state index contributed by atoms with van der Waals surface area (Å²) in [5, 5.41) is 15.8. The van der Waals surface area contributed by atoms with Crippen molar-refractivity contribution in [2.75, 3.05) is 12.4 Å². The van der Waals surface area contributed by atoms with Gasteiger partial charge in [0.15, 0.2) is 0 Å². The smallest absolute Gasteiger partial charge is 0.240 e. The molecule has 0 aromatic heterocycles. The van der Waals surface area contributed by atoms with Crippen LogP contribution in [0.25, 0.3) is 0 Å². The molecule has 3 N–H and O–H groups in total. The molecule has 1 saturated carbocycles. The number of hydrogen-bond acceptors (Lipinski definition) is 5. The summed E-state index contributed by atoms with van der Waals surface area (Å²) in [6, 6.07) is 6.73. The Bertz CT molecular complexity index is 874. The van der Waals surface area contributed by atoms with Crippen LogP contribution in [0.15, 0.2) is 40.6 Å². The molecule has 4 rings (SSSR count). The lowest BCUT2D eigenvalue weighted by Gasteiger charge is -2.48. The number of carbonyl (C=O) groups excluding carboxylic acids is 1. The number of hydrogen-bond donors (Lipinski definition) is 3. The predicted molar refractivity (Wildman–Crippen MR) is 110 cm³/mol. The fourth-order valence-corrected chi connectivity index (χ4v) is 7.04. The normalized spacial score (nSPS) is 34.6. The Labute approximate surface area is 174 Å². The first-order valence-corrected chi connectivity index (χ1v) is 12.3. The van der Waals surface area contributed by atoms with Gasteiger partial charge in [-0.25, -0.2) is 13.1 Å². The predicted octanol–water partition coefficient (Wildman–Crippen LogP) is 1.80. The third kappa shape index (κ3) is 3.61. The maximum Gasteiger partial charge on any atom is 0.240 e. The van der Waals surface area contributed by atoms with E-state index in [9.17, 15) is 18.3 Å². The molecule has 1 amide bonds. The van der Waals surface area contributed by atoms with E-state index in [1.54, 1.807) is 24.3 Å². The molecule has 6 nitrogen and oxygen atoms in total. The van der Waals surface area contributed by atoms with Gasteiger partial charge in [0.05, 0.1) is 16.2 Å². The number of halogens is 1. The topological polar surface area (TPSA) is 95.5 Å². The molecule has 2 fully saturated rings. The van der Waals surface area contributed by atoms with E-state index >= 15 is 0 Å². The number of aliphatic hydroxyl groups excluding tert-OH is 1. The van der Waals surface area contributed by atoms with Gasteiger partial charge in [0.2, 0.25) is 15.9 Å². The summed E-state index contributed by atoms with van der Waals surface area (Å²) in [6.07, 6.45) is 2.93. The lowest BCUT2D eigenvalue weighted by Crippen LogP contribution is -2.59. The molecular formula is C19H23ClN2O4S2. The molecule has 0 spiro atoms.